The van der Waals surface area contributed by atoms with Crippen molar-refractivity contribution in [3.05, 3.63) is 65.5 Å². The summed E-state index contributed by atoms with van der Waals surface area (Å²) in [5.41, 5.74) is 1.65. The minimum atomic E-state index is -3.45. The number of piperidine rings is 1. The number of sulfonamides is 1. The molecule has 0 aromatic heterocycles. The van der Waals surface area contributed by atoms with Crippen LogP contribution in [0.25, 0.3) is 0 Å². The third-order valence-corrected chi connectivity index (χ3v) is 6.78. The van der Waals surface area contributed by atoms with Gasteiger partial charge in [0, 0.05) is 33.2 Å². The predicted octanol–water partition coefficient (Wildman–Crippen LogP) is 2.87. The third kappa shape index (κ3) is 5.77. The van der Waals surface area contributed by atoms with Crippen molar-refractivity contribution in [2.45, 2.75) is 37.2 Å². The van der Waals surface area contributed by atoms with Gasteiger partial charge >= 0.3 is 0 Å². The maximum absolute atomic E-state index is 13.3. The first kappa shape index (κ1) is 21.3. The first-order chi connectivity index (χ1) is 14.0. The van der Waals surface area contributed by atoms with Crippen molar-refractivity contribution in [1.29, 1.82) is 0 Å². The summed E-state index contributed by atoms with van der Waals surface area (Å²) in [6.45, 7) is 2.02. The molecule has 2 aromatic rings. The summed E-state index contributed by atoms with van der Waals surface area (Å²) in [6.07, 6.45) is 2.90. The molecule has 0 radical (unpaired) electrons. The Hall–Kier alpha value is -2.45. The Bertz CT molecular complexity index is 957. The van der Waals surface area contributed by atoms with E-state index < -0.39 is 10.0 Å². The van der Waals surface area contributed by atoms with E-state index in [1.165, 1.54) is 12.1 Å². The van der Waals surface area contributed by atoms with Crippen LogP contribution in [-0.4, -0.2) is 38.8 Å². The molecule has 3 rings (SSSR count). The molecule has 2 N–H and O–H groups in total. The highest BCUT2D eigenvalue weighted by atomic mass is 32.2. The second-order valence-corrected chi connectivity index (χ2v) is 8.96. The van der Waals surface area contributed by atoms with Crippen LogP contribution in [0.5, 0.6) is 0 Å². The first-order valence-corrected chi connectivity index (χ1v) is 11.2. The van der Waals surface area contributed by atoms with Gasteiger partial charge in [0.1, 0.15) is 5.82 Å². The molecular weight excluding hydrogens is 391 g/mol. The fourth-order valence-corrected chi connectivity index (χ4v) is 4.90. The number of benzene rings is 2. The van der Waals surface area contributed by atoms with Crippen molar-refractivity contribution in [3.63, 3.8) is 0 Å². The average molecular weight is 419 g/mol. The molecule has 1 aliphatic rings. The van der Waals surface area contributed by atoms with E-state index in [2.05, 4.69) is 15.6 Å². The number of halogens is 1. The van der Waals surface area contributed by atoms with Crippen LogP contribution in [0.2, 0.25) is 0 Å². The van der Waals surface area contributed by atoms with Crippen LogP contribution in [-0.2, 0) is 23.1 Å². The monoisotopic (exact) mass is 418 g/mol. The smallest absolute Gasteiger partial charge is 0.243 e. The highest BCUT2D eigenvalue weighted by Gasteiger charge is 2.25. The van der Waals surface area contributed by atoms with E-state index in [0.717, 1.165) is 30.4 Å². The van der Waals surface area contributed by atoms with Crippen LogP contribution in [0.15, 0.2) is 58.4 Å². The Morgan fingerprint density at radius 3 is 2.24 bits per heavy atom. The van der Waals surface area contributed by atoms with E-state index in [4.69, 9.17) is 0 Å². The molecule has 0 spiro atoms. The van der Waals surface area contributed by atoms with Crippen molar-refractivity contribution >= 4 is 16.0 Å². The van der Waals surface area contributed by atoms with Gasteiger partial charge in [-0.25, -0.2) is 12.8 Å². The zero-order valence-electron chi connectivity index (χ0n) is 16.6. The fourth-order valence-electron chi connectivity index (χ4n) is 3.31. The van der Waals surface area contributed by atoms with Gasteiger partial charge in [-0.2, -0.15) is 4.31 Å². The van der Waals surface area contributed by atoms with E-state index >= 15 is 0 Å². The molecule has 2 aromatic carbocycles. The van der Waals surface area contributed by atoms with Gasteiger partial charge in [-0.3, -0.25) is 4.99 Å². The van der Waals surface area contributed by atoms with Gasteiger partial charge < -0.3 is 10.6 Å². The average Bonchev–Trinajstić information content (AvgIpc) is 2.75. The lowest BCUT2D eigenvalue weighted by Gasteiger charge is -2.26. The molecule has 1 aliphatic heterocycles. The van der Waals surface area contributed by atoms with E-state index in [1.54, 1.807) is 35.6 Å². The number of guanidine groups is 1. The van der Waals surface area contributed by atoms with Crippen LogP contribution in [0.3, 0.4) is 0 Å². The molecule has 0 amide bonds. The summed E-state index contributed by atoms with van der Waals surface area (Å²) in [6, 6.07) is 13.4. The summed E-state index contributed by atoms with van der Waals surface area (Å²) in [5.74, 6) is 0.275. The van der Waals surface area contributed by atoms with Crippen LogP contribution >= 0.6 is 0 Å². The Kier molecular flexibility index (Phi) is 7.22. The lowest BCUT2D eigenvalue weighted by Crippen LogP contribution is -2.36. The van der Waals surface area contributed by atoms with Crippen LogP contribution < -0.4 is 10.6 Å². The maximum Gasteiger partial charge on any atom is 0.243 e. The highest BCUT2D eigenvalue weighted by Crippen LogP contribution is 2.21. The van der Waals surface area contributed by atoms with Gasteiger partial charge in [0.05, 0.1) is 4.90 Å². The summed E-state index contributed by atoms with van der Waals surface area (Å²) >= 11 is 0. The zero-order chi connectivity index (χ0) is 20.7. The predicted molar refractivity (Wildman–Crippen MR) is 112 cm³/mol. The topological polar surface area (TPSA) is 73.8 Å². The maximum atomic E-state index is 13.3. The Morgan fingerprint density at radius 2 is 1.62 bits per heavy atom. The van der Waals surface area contributed by atoms with Gasteiger partial charge in [-0.1, -0.05) is 30.7 Å². The van der Waals surface area contributed by atoms with Crippen molar-refractivity contribution in [3.8, 4) is 0 Å². The SMILES string of the molecule is CN=C(NCc1cccc(F)c1)NCc1cccc(S(=O)(=O)N2CCCCC2)c1. The van der Waals surface area contributed by atoms with Crippen LogP contribution in [0.1, 0.15) is 30.4 Å². The summed E-state index contributed by atoms with van der Waals surface area (Å²) in [5, 5.41) is 6.29. The minimum absolute atomic E-state index is 0.279. The van der Waals surface area contributed by atoms with Crippen molar-refractivity contribution in [2.24, 2.45) is 4.99 Å². The van der Waals surface area contributed by atoms with Crippen molar-refractivity contribution < 1.29 is 12.8 Å². The number of hydrogen-bond donors (Lipinski definition) is 2. The van der Waals surface area contributed by atoms with E-state index in [-0.39, 0.29) is 5.82 Å². The molecular formula is C21H27FN4O2S. The van der Waals surface area contributed by atoms with Crippen molar-refractivity contribution in [1.82, 2.24) is 14.9 Å². The second-order valence-electron chi connectivity index (χ2n) is 7.02. The molecule has 0 atom stereocenters. The van der Waals surface area contributed by atoms with E-state index in [1.807, 2.05) is 12.1 Å². The summed E-state index contributed by atoms with van der Waals surface area (Å²) in [4.78, 5) is 4.48. The lowest BCUT2D eigenvalue weighted by molar-refractivity contribution is 0.346. The van der Waals surface area contributed by atoms with Gasteiger partial charge in [0.25, 0.3) is 0 Å². The molecule has 29 heavy (non-hydrogen) atoms. The Morgan fingerprint density at radius 1 is 1.00 bits per heavy atom. The minimum Gasteiger partial charge on any atom is -0.352 e. The number of nitrogens with zero attached hydrogens (tertiary/aromatic N) is 2. The molecule has 0 unspecified atom stereocenters. The van der Waals surface area contributed by atoms with Gasteiger partial charge in [0.2, 0.25) is 10.0 Å². The first-order valence-electron chi connectivity index (χ1n) is 9.77. The molecule has 0 aliphatic carbocycles. The molecule has 0 bridgehead atoms. The summed E-state index contributed by atoms with van der Waals surface area (Å²) < 4.78 is 40.6. The third-order valence-electron chi connectivity index (χ3n) is 4.88. The molecule has 1 saturated heterocycles. The lowest BCUT2D eigenvalue weighted by atomic mass is 10.2. The quantitative estimate of drug-likeness (QED) is 0.559. The van der Waals surface area contributed by atoms with E-state index in [0.29, 0.717) is 37.0 Å². The Labute approximate surface area is 171 Å². The largest absolute Gasteiger partial charge is 0.352 e. The molecule has 0 saturated carbocycles. The molecule has 6 nitrogen and oxygen atoms in total. The summed E-state index contributed by atoms with van der Waals surface area (Å²) in [7, 11) is -1.80. The number of aliphatic imine (C=N–C) groups is 1. The van der Waals surface area contributed by atoms with Gasteiger partial charge in [0.15, 0.2) is 5.96 Å². The standard InChI is InChI=1S/C21H27FN4O2S/c1-23-21(24-15-17-7-5-9-19(22)13-17)25-16-18-8-6-10-20(14-18)29(27,28)26-11-3-2-4-12-26/h5-10,13-14H,2-4,11-12,15-16H2,1H3,(H2,23,24,25). The number of rotatable bonds is 6. The van der Waals surface area contributed by atoms with Crippen molar-refractivity contribution in [2.75, 3.05) is 20.1 Å². The molecule has 1 fully saturated rings. The van der Waals surface area contributed by atoms with Gasteiger partial charge in [-0.05, 0) is 48.2 Å². The molecule has 8 heteroatoms. The van der Waals surface area contributed by atoms with Crippen LogP contribution in [0.4, 0.5) is 4.39 Å². The normalized spacial score (nSPS) is 15.9. The fraction of sp³-hybridized carbons (Fsp3) is 0.381. The Balaban J connectivity index is 1.60. The second kappa shape index (κ2) is 9.84. The molecule has 1 heterocycles. The van der Waals surface area contributed by atoms with E-state index in [9.17, 15) is 12.8 Å². The zero-order valence-corrected chi connectivity index (χ0v) is 17.4. The highest BCUT2D eigenvalue weighted by molar-refractivity contribution is 7.89. The number of nitrogens with one attached hydrogen (secondary N) is 2. The molecule has 156 valence electrons. The van der Waals surface area contributed by atoms with Crippen LogP contribution in [0, 0.1) is 5.82 Å². The van der Waals surface area contributed by atoms with Gasteiger partial charge in [-0.15, -0.1) is 0 Å². The number of hydrogen-bond acceptors (Lipinski definition) is 3.